The maximum atomic E-state index is 13.0. The molecule has 3 rings (SSSR count). The summed E-state index contributed by atoms with van der Waals surface area (Å²) < 4.78 is 39.9. The Balaban J connectivity index is 1.88. The monoisotopic (exact) mass is 455 g/mol. The van der Waals surface area contributed by atoms with Crippen molar-refractivity contribution < 1.29 is 22.9 Å². The lowest BCUT2D eigenvalue weighted by molar-refractivity contribution is -0.385. The first-order valence-corrected chi connectivity index (χ1v) is 8.90. The summed E-state index contributed by atoms with van der Waals surface area (Å²) in [4.78, 5) is 40.5. The predicted octanol–water partition coefficient (Wildman–Crippen LogP) is 3.35. The van der Waals surface area contributed by atoms with Crippen LogP contribution in [0.4, 0.5) is 30.4 Å². The standard InChI is InChI=1S/C18H13ClF3N5O4/c1-25(9-14(28)23-10-5-6-12(19)11(8-10)18(20,21)22)16-15(27(30)31)17(29)26-7-3-2-4-13(26)24-16/h2-8H,9H2,1H3,(H,23,28). The van der Waals surface area contributed by atoms with Gasteiger partial charge in [-0.05, 0) is 30.3 Å². The zero-order valence-electron chi connectivity index (χ0n) is 15.7. The molecule has 0 aliphatic heterocycles. The normalized spacial score (nSPS) is 11.4. The Morgan fingerprint density at radius 2 is 2.03 bits per heavy atom. The van der Waals surface area contributed by atoms with Gasteiger partial charge in [0.2, 0.25) is 11.7 Å². The zero-order valence-corrected chi connectivity index (χ0v) is 16.4. The number of benzene rings is 1. The summed E-state index contributed by atoms with van der Waals surface area (Å²) >= 11 is 5.55. The summed E-state index contributed by atoms with van der Waals surface area (Å²) in [5.41, 5.74) is -2.96. The first-order chi connectivity index (χ1) is 14.5. The molecule has 1 aromatic carbocycles. The van der Waals surface area contributed by atoms with Crippen molar-refractivity contribution in [1.82, 2.24) is 9.38 Å². The van der Waals surface area contributed by atoms with Gasteiger partial charge in [-0.3, -0.25) is 24.1 Å². The van der Waals surface area contributed by atoms with Crippen LogP contribution in [-0.2, 0) is 11.0 Å². The minimum absolute atomic E-state index is 0.118. The van der Waals surface area contributed by atoms with E-state index in [4.69, 9.17) is 11.6 Å². The summed E-state index contributed by atoms with van der Waals surface area (Å²) in [7, 11) is 1.29. The molecule has 0 spiro atoms. The summed E-state index contributed by atoms with van der Waals surface area (Å²) in [5.74, 6) is -1.15. The van der Waals surface area contributed by atoms with Gasteiger partial charge < -0.3 is 10.2 Å². The quantitative estimate of drug-likeness (QED) is 0.466. The highest BCUT2D eigenvalue weighted by Crippen LogP contribution is 2.36. The van der Waals surface area contributed by atoms with Gasteiger partial charge in [-0.2, -0.15) is 13.2 Å². The summed E-state index contributed by atoms with van der Waals surface area (Å²) in [6.07, 6.45) is -3.40. The number of aromatic nitrogens is 2. The molecule has 0 aliphatic rings. The lowest BCUT2D eigenvalue weighted by Crippen LogP contribution is -2.33. The molecule has 13 heteroatoms. The van der Waals surface area contributed by atoms with Gasteiger partial charge >= 0.3 is 17.4 Å². The molecule has 2 heterocycles. The van der Waals surface area contributed by atoms with E-state index in [1.54, 1.807) is 6.07 Å². The molecule has 3 aromatic rings. The van der Waals surface area contributed by atoms with Crippen molar-refractivity contribution in [2.75, 3.05) is 23.8 Å². The van der Waals surface area contributed by atoms with E-state index in [2.05, 4.69) is 10.3 Å². The number of nitrogens with one attached hydrogen (secondary N) is 1. The number of nitrogens with zero attached hydrogens (tertiary/aromatic N) is 4. The van der Waals surface area contributed by atoms with Crippen LogP contribution in [0.5, 0.6) is 0 Å². The SMILES string of the molecule is CN(CC(=O)Nc1ccc(Cl)c(C(F)(F)F)c1)c1nc2ccccn2c(=O)c1[N+](=O)[O-]. The van der Waals surface area contributed by atoms with E-state index in [1.807, 2.05) is 0 Å². The molecule has 0 unspecified atom stereocenters. The van der Waals surface area contributed by atoms with E-state index in [9.17, 15) is 32.9 Å². The Morgan fingerprint density at radius 3 is 2.68 bits per heavy atom. The molecule has 0 radical (unpaired) electrons. The maximum absolute atomic E-state index is 13.0. The minimum Gasteiger partial charge on any atom is -0.344 e. The van der Waals surface area contributed by atoms with Crippen LogP contribution in [0.1, 0.15) is 5.56 Å². The highest BCUT2D eigenvalue weighted by atomic mass is 35.5. The largest absolute Gasteiger partial charge is 0.417 e. The molecule has 0 atom stereocenters. The zero-order chi connectivity index (χ0) is 22.9. The van der Waals surface area contributed by atoms with Gasteiger partial charge in [0, 0.05) is 18.9 Å². The fraction of sp³-hybridized carbons (Fsp3) is 0.167. The molecule has 0 saturated carbocycles. The molecule has 31 heavy (non-hydrogen) atoms. The van der Waals surface area contributed by atoms with Crippen molar-refractivity contribution in [2.45, 2.75) is 6.18 Å². The molecule has 0 bridgehead atoms. The highest BCUT2D eigenvalue weighted by Gasteiger charge is 2.33. The number of hydrogen-bond acceptors (Lipinski definition) is 6. The van der Waals surface area contributed by atoms with Crippen molar-refractivity contribution in [1.29, 1.82) is 0 Å². The number of likely N-dealkylation sites (N-methyl/N-ethyl adjacent to an activating group) is 1. The fourth-order valence-electron chi connectivity index (χ4n) is 2.81. The molecular weight excluding hydrogens is 443 g/mol. The number of fused-ring (bicyclic) bond motifs is 1. The van der Waals surface area contributed by atoms with Crippen LogP contribution >= 0.6 is 11.6 Å². The summed E-state index contributed by atoms with van der Waals surface area (Å²) in [5, 5.41) is 13.2. The topological polar surface area (TPSA) is 110 Å². The number of pyridine rings is 1. The predicted molar refractivity (Wildman–Crippen MR) is 106 cm³/mol. The number of nitro groups is 1. The van der Waals surface area contributed by atoms with Crippen molar-refractivity contribution in [3.05, 3.63) is 73.6 Å². The molecule has 0 saturated heterocycles. The summed E-state index contributed by atoms with van der Waals surface area (Å²) in [6.45, 7) is -0.528. The molecule has 162 valence electrons. The lowest BCUT2D eigenvalue weighted by Gasteiger charge is -2.18. The van der Waals surface area contributed by atoms with E-state index in [1.165, 1.54) is 31.4 Å². The third-order valence-electron chi connectivity index (χ3n) is 4.17. The van der Waals surface area contributed by atoms with Crippen molar-refractivity contribution in [2.24, 2.45) is 0 Å². The van der Waals surface area contributed by atoms with Crippen molar-refractivity contribution in [3.8, 4) is 0 Å². The van der Waals surface area contributed by atoms with Gasteiger partial charge in [-0.25, -0.2) is 4.98 Å². The second kappa shape index (κ2) is 8.22. The van der Waals surface area contributed by atoms with E-state index in [0.29, 0.717) is 6.07 Å². The molecular formula is C18H13ClF3N5O4. The number of carbonyl (C=O) groups is 1. The Labute approximate surface area is 176 Å². The van der Waals surface area contributed by atoms with Gasteiger partial charge in [0.15, 0.2) is 0 Å². The van der Waals surface area contributed by atoms with Crippen molar-refractivity contribution >= 4 is 40.3 Å². The van der Waals surface area contributed by atoms with Gasteiger partial charge in [0.25, 0.3) is 0 Å². The Morgan fingerprint density at radius 1 is 1.32 bits per heavy atom. The van der Waals surface area contributed by atoms with Gasteiger partial charge in [0.05, 0.1) is 22.1 Å². The highest BCUT2D eigenvalue weighted by molar-refractivity contribution is 6.31. The second-order valence-corrected chi connectivity index (χ2v) is 6.78. The average Bonchev–Trinajstić information content (AvgIpc) is 2.68. The van der Waals surface area contributed by atoms with Crippen LogP contribution in [0.25, 0.3) is 5.65 Å². The van der Waals surface area contributed by atoms with Crippen LogP contribution < -0.4 is 15.8 Å². The van der Waals surface area contributed by atoms with Crippen LogP contribution in [0.2, 0.25) is 5.02 Å². The van der Waals surface area contributed by atoms with E-state index < -0.39 is 45.4 Å². The van der Waals surface area contributed by atoms with Crippen LogP contribution in [0.3, 0.4) is 0 Å². The smallest absolute Gasteiger partial charge is 0.344 e. The maximum Gasteiger partial charge on any atom is 0.417 e. The van der Waals surface area contributed by atoms with Crippen LogP contribution in [0.15, 0.2) is 47.4 Å². The number of halogens is 4. The summed E-state index contributed by atoms with van der Waals surface area (Å²) in [6, 6.07) is 7.36. The molecule has 2 aromatic heterocycles. The van der Waals surface area contributed by atoms with Crippen LogP contribution in [0, 0.1) is 10.1 Å². The fourth-order valence-corrected chi connectivity index (χ4v) is 3.03. The van der Waals surface area contributed by atoms with Crippen molar-refractivity contribution in [3.63, 3.8) is 0 Å². The van der Waals surface area contributed by atoms with Crippen LogP contribution in [-0.4, -0.2) is 33.8 Å². The van der Waals surface area contributed by atoms with Gasteiger partial charge in [0.1, 0.15) is 5.65 Å². The average molecular weight is 456 g/mol. The lowest BCUT2D eigenvalue weighted by atomic mass is 10.2. The number of hydrogen-bond donors (Lipinski definition) is 1. The third kappa shape index (κ3) is 4.58. The Kier molecular flexibility index (Phi) is 5.84. The first kappa shape index (κ1) is 22.0. The van der Waals surface area contributed by atoms with Gasteiger partial charge in [-0.15, -0.1) is 0 Å². The third-order valence-corrected chi connectivity index (χ3v) is 4.50. The Bertz CT molecular complexity index is 1250. The Hall–Kier alpha value is -3.67. The van der Waals surface area contributed by atoms with E-state index >= 15 is 0 Å². The molecule has 0 fully saturated rings. The number of carbonyl (C=O) groups excluding carboxylic acids is 1. The number of alkyl halides is 3. The van der Waals surface area contributed by atoms with E-state index in [0.717, 1.165) is 15.4 Å². The number of anilines is 2. The number of rotatable bonds is 5. The molecule has 9 nitrogen and oxygen atoms in total. The number of amides is 1. The first-order valence-electron chi connectivity index (χ1n) is 8.52. The molecule has 0 aliphatic carbocycles. The van der Waals surface area contributed by atoms with Gasteiger partial charge in [-0.1, -0.05) is 17.7 Å². The minimum atomic E-state index is -4.72. The molecule has 1 amide bonds. The molecule has 1 N–H and O–H groups in total. The second-order valence-electron chi connectivity index (χ2n) is 6.37. The van der Waals surface area contributed by atoms with E-state index in [-0.39, 0.29) is 17.2 Å².